The van der Waals surface area contributed by atoms with E-state index in [1.54, 1.807) is 24.3 Å². The Morgan fingerprint density at radius 1 is 1.28 bits per heavy atom. The van der Waals surface area contributed by atoms with Crippen LogP contribution in [0.5, 0.6) is 5.75 Å². The highest BCUT2D eigenvalue weighted by Gasteiger charge is 2.20. The molecular formula is C17H10ClFN2O3S. The minimum absolute atomic E-state index is 0.0351. The van der Waals surface area contributed by atoms with Crippen molar-refractivity contribution >= 4 is 56.2 Å². The third-order valence-corrected chi connectivity index (χ3v) is 5.32. The molecule has 0 bridgehead atoms. The largest absolute Gasteiger partial charge is 0.482 e. The molecule has 126 valence electrons. The molecule has 1 aliphatic heterocycles. The van der Waals surface area contributed by atoms with Gasteiger partial charge in [0.25, 0.3) is 11.8 Å². The summed E-state index contributed by atoms with van der Waals surface area (Å²) in [7, 11) is 0. The van der Waals surface area contributed by atoms with Crippen LogP contribution in [0.3, 0.4) is 0 Å². The van der Waals surface area contributed by atoms with Crippen molar-refractivity contribution < 1.29 is 18.7 Å². The van der Waals surface area contributed by atoms with Gasteiger partial charge in [-0.25, -0.2) is 4.39 Å². The van der Waals surface area contributed by atoms with Gasteiger partial charge in [-0.05, 0) is 36.4 Å². The van der Waals surface area contributed by atoms with Crippen molar-refractivity contribution in [2.75, 3.05) is 17.2 Å². The lowest BCUT2D eigenvalue weighted by atomic mass is 10.2. The minimum Gasteiger partial charge on any atom is -0.482 e. The fourth-order valence-corrected chi connectivity index (χ4v) is 3.97. The van der Waals surface area contributed by atoms with Gasteiger partial charge in [0, 0.05) is 15.8 Å². The molecule has 1 aromatic heterocycles. The summed E-state index contributed by atoms with van der Waals surface area (Å²) in [5, 5.41) is 6.31. The molecule has 0 atom stereocenters. The molecule has 8 heteroatoms. The van der Waals surface area contributed by atoms with Crippen molar-refractivity contribution in [3.05, 3.63) is 52.1 Å². The first-order chi connectivity index (χ1) is 12.0. The number of carbonyl (C=O) groups excluding carboxylic acids is 2. The summed E-state index contributed by atoms with van der Waals surface area (Å²) >= 11 is 7.37. The number of halogens is 2. The van der Waals surface area contributed by atoms with Crippen LogP contribution in [0.15, 0.2) is 36.4 Å². The van der Waals surface area contributed by atoms with Gasteiger partial charge in [-0.3, -0.25) is 9.59 Å². The molecule has 0 unspecified atom stereocenters. The lowest BCUT2D eigenvalue weighted by Gasteiger charge is -2.18. The second kappa shape index (κ2) is 6.02. The van der Waals surface area contributed by atoms with Crippen LogP contribution in [-0.4, -0.2) is 18.4 Å². The molecular weight excluding hydrogens is 367 g/mol. The molecule has 1 aliphatic rings. The standard InChI is InChI=1S/C17H10ClFN2O3S/c18-15-10-3-1-8(19)5-13(10)25-16(15)17(23)20-9-2-4-12-11(6-9)21-14(22)7-24-12/h1-6H,7H2,(H,20,23)(H,21,22). The van der Waals surface area contributed by atoms with E-state index in [1.165, 1.54) is 12.1 Å². The molecule has 3 aromatic rings. The van der Waals surface area contributed by atoms with Crippen molar-refractivity contribution in [3.8, 4) is 5.75 Å². The fourth-order valence-electron chi connectivity index (χ4n) is 2.53. The number of hydrogen-bond acceptors (Lipinski definition) is 4. The van der Waals surface area contributed by atoms with E-state index in [-0.39, 0.29) is 23.4 Å². The maximum atomic E-state index is 13.3. The second-order valence-electron chi connectivity index (χ2n) is 5.39. The van der Waals surface area contributed by atoms with Gasteiger partial charge in [-0.15, -0.1) is 11.3 Å². The Balaban J connectivity index is 1.63. The number of anilines is 2. The Morgan fingerprint density at radius 2 is 2.12 bits per heavy atom. The number of fused-ring (bicyclic) bond motifs is 2. The van der Waals surface area contributed by atoms with Crippen LogP contribution in [0.25, 0.3) is 10.1 Å². The van der Waals surface area contributed by atoms with Crippen LogP contribution in [0.4, 0.5) is 15.8 Å². The highest BCUT2D eigenvalue weighted by atomic mass is 35.5. The molecule has 0 aliphatic carbocycles. The summed E-state index contributed by atoms with van der Waals surface area (Å²) in [6, 6.07) is 9.11. The molecule has 0 fully saturated rings. The van der Waals surface area contributed by atoms with Gasteiger partial charge in [-0.1, -0.05) is 11.6 Å². The van der Waals surface area contributed by atoms with Crippen molar-refractivity contribution in [2.24, 2.45) is 0 Å². The van der Waals surface area contributed by atoms with Gasteiger partial charge >= 0.3 is 0 Å². The van der Waals surface area contributed by atoms with Gasteiger partial charge in [0.15, 0.2) is 6.61 Å². The number of carbonyl (C=O) groups is 2. The molecule has 0 spiro atoms. The summed E-state index contributed by atoms with van der Waals surface area (Å²) in [4.78, 5) is 24.2. The van der Waals surface area contributed by atoms with E-state index in [2.05, 4.69) is 10.6 Å². The third kappa shape index (κ3) is 2.92. The van der Waals surface area contributed by atoms with Gasteiger partial charge < -0.3 is 15.4 Å². The van der Waals surface area contributed by atoms with Gasteiger partial charge in [-0.2, -0.15) is 0 Å². The molecule has 0 radical (unpaired) electrons. The topological polar surface area (TPSA) is 67.4 Å². The van der Waals surface area contributed by atoms with Crippen LogP contribution in [-0.2, 0) is 4.79 Å². The number of benzene rings is 2. The van der Waals surface area contributed by atoms with Crippen molar-refractivity contribution in [3.63, 3.8) is 0 Å². The first-order valence-electron chi connectivity index (χ1n) is 7.27. The van der Waals surface area contributed by atoms with Crippen molar-refractivity contribution in [1.29, 1.82) is 0 Å². The van der Waals surface area contributed by atoms with Crippen LogP contribution in [0, 0.1) is 5.82 Å². The molecule has 2 amide bonds. The Bertz CT molecular complexity index is 1030. The Morgan fingerprint density at radius 3 is 2.96 bits per heavy atom. The number of ether oxygens (including phenoxy) is 1. The zero-order valence-corrected chi connectivity index (χ0v) is 14.1. The van der Waals surface area contributed by atoms with E-state index >= 15 is 0 Å². The zero-order valence-electron chi connectivity index (χ0n) is 12.6. The molecule has 25 heavy (non-hydrogen) atoms. The van der Waals surface area contributed by atoms with Gasteiger partial charge in [0.05, 0.1) is 10.7 Å². The predicted octanol–water partition coefficient (Wildman–Crippen LogP) is 4.28. The quantitative estimate of drug-likeness (QED) is 0.701. The van der Waals surface area contributed by atoms with E-state index in [1.807, 2.05) is 0 Å². The summed E-state index contributed by atoms with van der Waals surface area (Å²) in [5.41, 5.74) is 0.966. The van der Waals surface area contributed by atoms with E-state index < -0.39 is 5.91 Å². The first kappa shape index (κ1) is 15.9. The number of rotatable bonds is 2. The molecule has 0 saturated carbocycles. The highest BCUT2D eigenvalue weighted by Crippen LogP contribution is 2.36. The van der Waals surface area contributed by atoms with E-state index in [0.717, 1.165) is 11.3 Å². The van der Waals surface area contributed by atoms with Crippen LogP contribution < -0.4 is 15.4 Å². The fraction of sp³-hybridized carbons (Fsp3) is 0.0588. The molecule has 0 saturated heterocycles. The van der Waals surface area contributed by atoms with E-state index in [9.17, 15) is 14.0 Å². The number of thiophene rings is 1. The highest BCUT2D eigenvalue weighted by molar-refractivity contribution is 7.21. The molecule has 2 aromatic carbocycles. The van der Waals surface area contributed by atoms with Crippen LogP contribution >= 0.6 is 22.9 Å². The predicted molar refractivity (Wildman–Crippen MR) is 95.3 cm³/mol. The molecule has 4 rings (SSSR count). The number of amides is 2. The summed E-state index contributed by atoms with van der Waals surface area (Å²) in [5.74, 6) is -0.518. The minimum atomic E-state index is -0.408. The Hall–Kier alpha value is -2.64. The average molecular weight is 377 g/mol. The number of hydrogen-bond donors (Lipinski definition) is 2. The lowest BCUT2D eigenvalue weighted by Crippen LogP contribution is -2.25. The van der Waals surface area contributed by atoms with Crippen molar-refractivity contribution in [1.82, 2.24) is 0 Å². The summed E-state index contributed by atoms with van der Waals surface area (Å²) in [6.45, 7) is -0.0351. The van der Waals surface area contributed by atoms with Crippen LogP contribution in [0.2, 0.25) is 5.02 Å². The lowest BCUT2D eigenvalue weighted by molar-refractivity contribution is -0.118. The van der Waals surface area contributed by atoms with Gasteiger partial charge in [0.1, 0.15) is 16.4 Å². The molecule has 2 heterocycles. The maximum absolute atomic E-state index is 13.3. The SMILES string of the molecule is O=C1COc2ccc(NC(=O)c3sc4cc(F)ccc4c3Cl)cc2N1. The van der Waals surface area contributed by atoms with Crippen molar-refractivity contribution in [2.45, 2.75) is 0 Å². The van der Waals surface area contributed by atoms with E-state index in [0.29, 0.717) is 32.1 Å². The molecule has 5 nitrogen and oxygen atoms in total. The third-order valence-electron chi connectivity index (χ3n) is 3.67. The zero-order chi connectivity index (χ0) is 17.6. The number of nitrogens with one attached hydrogen (secondary N) is 2. The Labute approximate surface area is 150 Å². The average Bonchev–Trinajstić information content (AvgIpc) is 2.90. The molecule has 2 N–H and O–H groups in total. The summed E-state index contributed by atoms with van der Waals surface area (Å²) < 4.78 is 19.2. The first-order valence-corrected chi connectivity index (χ1v) is 8.46. The van der Waals surface area contributed by atoms with Gasteiger partial charge in [0.2, 0.25) is 0 Å². The second-order valence-corrected chi connectivity index (χ2v) is 6.82. The monoisotopic (exact) mass is 376 g/mol. The summed E-state index contributed by atoms with van der Waals surface area (Å²) in [6.07, 6.45) is 0. The Kier molecular flexibility index (Phi) is 3.82. The smallest absolute Gasteiger partial charge is 0.267 e. The van der Waals surface area contributed by atoms with Crippen LogP contribution in [0.1, 0.15) is 9.67 Å². The maximum Gasteiger partial charge on any atom is 0.267 e. The van der Waals surface area contributed by atoms with E-state index in [4.69, 9.17) is 16.3 Å². The normalized spacial score (nSPS) is 13.1.